The number of carbonyl (C=O) groups excluding carboxylic acids is 1. The maximum Gasteiger partial charge on any atom is 0.235 e. The standard InChI is InChI=1S/C19H28ClNOS/c1-14(15-9-5-4-6-10-15)21-18(22)19(2,3)23-13-16-11-7-8-12-17(16)20/h7-8,11-12,14-15H,4-6,9-10,13H2,1-3H3,(H,21,22). The molecule has 0 heterocycles. The third kappa shape index (κ3) is 5.42. The fraction of sp³-hybridized carbons (Fsp3) is 0.632. The number of halogens is 1. The lowest BCUT2D eigenvalue weighted by Gasteiger charge is -2.31. The van der Waals surface area contributed by atoms with Gasteiger partial charge in [-0.1, -0.05) is 49.1 Å². The molecule has 1 aromatic rings. The molecule has 1 aliphatic rings. The summed E-state index contributed by atoms with van der Waals surface area (Å²) in [4.78, 5) is 12.7. The molecule has 23 heavy (non-hydrogen) atoms. The lowest BCUT2D eigenvalue weighted by molar-refractivity contribution is -0.123. The van der Waals surface area contributed by atoms with Gasteiger partial charge in [0.05, 0.1) is 4.75 Å². The van der Waals surface area contributed by atoms with E-state index in [-0.39, 0.29) is 11.9 Å². The van der Waals surface area contributed by atoms with Crippen LogP contribution in [0.25, 0.3) is 0 Å². The van der Waals surface area contributed by atoms with Gasteiger partial charge in [0, 0.05) is 16.8 Å². The minimum atomic E-state index is -0.456. The predicted molar refractivity (Wildman–Crippen MR) is 101 cm³/mol. The first-order valence-corrected chi connectivity index (χ1v) is 9.95. The number of hydrogen-bond acceptors (Lipinski definition) is 2. The molecule has 1 amide bonds. The van der Waals surface area contributed by atoms with E-state index in [9.17, 15) is 4.79 Å². The minimum Gasteiger partial charge on any atom is -0.352 e. The SMILES string of the molecule is CC(NC(=O)C(C)(C)SCc1ccccc1Cl)C1CCCCC1. The fourth-order valence-corrected chi connectivity index (χ4v) is 4.31. The highest BCUT2D eigenvalue weighted by molar-refractivity contribution is 8.00. The van der Waals surface area contributed by atoms with Gasteiger partial charge >= 0.3 is 0 Å². The van der Waals surface area contributed by atoms with Crippen molar-refractivity contribution in [1.82, 2.24) is 5.32 Å². The molecule has 1 atom stereocenters. The van der Waals surface area contributed by atoms with Gasteiger partial charge < -0.3 is 5.32 Å². The summed E-state index contributed by atoms with van der Waals surface area (Å²) < 4.78 is -0.456. The lowest BCUT2D eigenvalue weighted by atomic mass is 9.84. The average Bonchev–Trinajstić information content (AvgIpc) is 2.55. The predicted octanol–water partition coefficient (Wildman–Crippen LogP) is 5.44. The van der Waals surface area contributed by atoms with E-state index in [1.165, 1.54) is 32.1 Å². The Balaban J connectivity index is 1.87. The largest absolute Gasteiger partial charge is 0.352 e. The number of amides is 1. The second-order valence-electron chi connectivity index (χ2n) is 7.05. The van der Waals surface area contributed by atoms with Crippen LogP contribution in [0.2, 0.25) is 5.02 Å². The van der Waals surface area contributed by atoms with Gasteiger partial charge in [-0.3, -0.25) is 4.79 Å². The molecule has 1 fully saturated rings. The molecular weight excluding hydrogens is 326 g/mol. The normalized spacial score (nSPS) is 17.7. The van der Waals surface area contributed by atoms with Crippen molar-refractivity contribution in [1.29, 1.82) is 0 Å². The summed E-state index contributed by atoms with van der Waals surface area (Å²) in [5.41, 5.74) is 1.08. The Kier molecular flexibility index (Phi) is 6.84. The van der Waals surface area contributed by atoms with Crippen LogP contribution in [0, 0.1) is 5.92 Å². The van der Waals surface area contributed by atoms with Crippen molar-refractivity contribution in [2.45, 2.75) is 69.4 Å². The van der Waals surface area contributed by atoms with Gasteiger partial charge in [0.25, 0.3) is 0 Å². The van der Waals surface area contributed by atoms with Crippen LogP contribution < -0.4 is 5.32 Å². The summed E-state index contributed by atoms with van der Waals surface area (Å²) >= 11 is 7.85. The van der Waals surface area contributed by atoms with Crippen molar-refractivity contribution in [2.24, 2.45) is 5.92 Å². The fourth-order valence-electron chi connectivity index (χ4n) is 3.07. The highest BCUT2D eigenvalue weighted by atomic mass is 35.5. The molecule has 1 unspecified atom stereocenters. The number of rotatable bonds is 6. The first kappa shape index (κ1) is 18.7. The quantitative estimate of drug-likeness (QED) is 0.738. The maximum atomic E-state index is 12.7. The Labute approximate surface area is 149 Å². The van der Waals surface area contributed by atoms with Gasteiger partial charge in [-0.15, -0.1) is 11.8 Å². The van der Waals surface area contributed by atoms with Crippen molar-refractivity contribution < 1.29 is 4.79 Å². The second kappa shape index (κ2) is 8.43. The second-order valence-corrected chi connectivity index (χ2v) is 9.06. The molecule has 1 saturated carbocycles. The van der Waals surface area contributed by atoms with E-state index in [0.29, 0.717) is 5.92 Å². The molecule has 1 aliphatic carbocycles. The average molecular weight is 354 g/mol. The first-order chi connectivity index (χ1) is 10.9. The maximum absolute atomic E-state index is 12.7. The first-order valence-electron chi connectivity index (χ1n) is 8.58. The molecule has 4 heteroatoms. The van der Waals surface area contributed by atoms with Gasteiger partial charge in [-0.25, -0.2) is 0 Å². The van der Waals surface area contributed by atoms with Gasteiger partial charge in [0.1, 0.15) is 0 Å². The smallest absolute Gasteiger partial charge is 0.235 e. The van der Waals surface area contributed by atoms with Crippen LogP contribution in [0.3, 0.4) is 0 Å². The zero-order valence-corrected chi connectivity index (χ0v) is 16.0. The summed E-state index contributed by atoms with van der Waals surface area (Å²) in [5, 5.41) is 4.02. The zero-order valence-electron chi connectivity index (χ0n) is 14.4. The lowest BCUT2D eigenvalue weighted by Crippen LogP contribution is -2.47. The third-order valence-electron chi connectivity index (χ3n) is 4.81. The van der Waals surface area contributed by atoms with E-state index in [1.807, 2.05) is 38.1 Å². The molecule has 1 N–H and O–H groups in total. The van der Waals surface area contributed by atoms with Crippen molar-refractivity contribution in [3.05, 3.63) is 34.9 Å². The van der Waals surface area contributed by atoms with Crippen LogP contribution in [0.5, 0.6) is 0 Å². The third-order valence-corrected chi connectivity index (χ3v) is 6.54. The van der Waals surface area contributed by atoms with E-state index in [4.69, 9.17) is 11.6 Å². The van der Waals surface area contributed by atoms with Crippen LogP contribution >= 0.6 is 23.4 Å². The van der Waals surface area contributed by atoms with Crippen LogP contribution in [-0.4, -0.2) is 16.7 Å². The summed E-state index contributed by atoms with van der Waals surface area (Å²) in [7, 11) is 0. The van der Waals surface area contributed by atoms with E-state index in [0.717, 1.165) is 16.3 Å². The molecule has 128 valence electrons. The number of hydrogen-bond donors (Lipinski definition) is 1. The Morgan fingerprint density at radius 2 is 1.96 bits per heavy atom. The molecule has 1 aromatic carbocycles. The Hall–Kier alpha value is -0.670. The summed E-state index contributed by atoms with van der Waals surface area (Å²) in [6, 6.07) is 8.10. The van der Waals surface area contributed by atoms with Crippen molar-refractivity contribution in [3.63, 3.8) is 0 Å². The van der Waals surface area contributed by atoms with Crippen molar-refractivity contribution >= 4 is 29.3 Å². The zero-order chi connectivity index (χ0) is 16.9. The summed E-state index contributed by atoms with van der Waals surface area (Å²) in [5.74, 6) is 1.52. The van der Waals surface area contributed by atoms with Crippen molar-refractivity contribution in [2.75, 3.05) is 0 Å². The Morgan fingerprint density at radius 3 is 2.61 bits per heavy atom. The van der Waals surface area contributed by atoms with Gasteiger partial charge in [-0.05, 0) is 51.2 Å². The Morgan fingerprint density at radius 1 is 1.30 bits per heavy atom. The van der Waals surface area contributed by atoms with Gasteiger partial charge in [0.2, 0.25) is 5.91 Å². The summed E-state index contributed by atoms with van der Waals surface area (Å²) in [6.07, 6.45) is 6.44. The van der Waals surface area contributed by atoms with Crippen molar-refractivity contribution in [3.8, 4) is 0 Å². The number of benzene rings is 1. The van der Waals surface area contributed by atoms with Crippen LogP contribution in [0.4, 0.5) is 0 Å². The van der Waals surface area contributed by atoms with E-state index < -0.39 is 4.75 Å². The molecule has 0 aliphatic heterocycles. The van der Waals surface area contributed by atoms with E-state index in [1.54, 1.807) is 11.8 Å². The topological polar surface area (TPSA) is 29.1 Å². The highest BCUT2D eigenvalue weighted by Gasteiger charge is 2.31. The van der Waals surface area contributed by atoms with Gasteiger partial charge in [-0.2, -0.15) is 0 Å². The molecule has 0 saturated heterocycles. The molecule has 0 aromatic heterocycles. The molecule has 0 radical (unpaired) electrons. The molecule has 0 bridgehead atoms. The van der Waals surface area contributed by atoms with Crippen LogP contribution in [-0.2, 0) is 10.5 Å². The molecular formula is C19H28ClNOS. The highest BCUT2D eigenvalue weighted by Crippen LogP contribution is 2.32. The number of carbonyl (C=O) groups is 1. The van der Waals surface area contributed by atoms with Gasteiger partial charge in [0.15, 0.2) is 0 Å². The number of nitrogens with one attached hydrogen (secondary N) is 1. The minimum absolute atomic E-state index is 0.132. The Bertz CT molecular complexity index is 526. The van der Waals surface area contributed by atoms with E-state index >= 15 is 0 Å². The molecule has 2 rings (SSSR count). The molecule has 2 nitrogen and oxygen atoms in total. The summed E-state index contributed by atoms with van der Waals surface area (Å²) in [6.45, 7) is 6.15. The van der Waals surface area contributed by atoms with Crippen LogP contribution in [0.1, 0.15) is 58.4 Å². The number of thioether (sulfide) groups is 1. The molecule has 0 spiro atoms. The van der Waals surface area contributed by atoms with Crippen LogP contribution in [0.15, 0.2) is 24.3 Å². The van der Waals surface area contributed by atoms with E-state index in [2.05, 4.69) is 12.2 Å². The monoisotopic (exact) mass is 353 g/mol.